The summed E-state index contributed by atoms with van der Waals surface area (Å²) < 4.78 is 8.08. The van der Waals surface area contributed by atoms with E-state index >= 15 is 0 Å². The van der Waals surface area contributed by atoms with Crippen LogP contribution in [0, 0.1) is 0 Å². The molecule has 0 spiro atoms. The lowest BCUT2D eigenvalue weighted by atomic mass is 9.97. The summed E-state index contributed by atoms with van der Waals surface area (Å²) in [5, 5.41) is 17.0. The van der Waals surface area contributed by atoms with Gasteiger partial charge in [-0.2, -0.15) is 5.10 Å². The highest BCUT2D eigenvalue weighted by atomic mass is 16.5. The van der Waals surface area contributed by atoms with Gasteiger partial charge in [0.15, 0.2) is 0 Å². The maximum atomic E-state index is 11.3. The molecule has 7 nitrogen and oxygen atoms in total. The van der Waals surface area contributed by atoms with Crippen molar-refractivity contribution in [3.05, 3.63) is 84.2 Å². The van der Waals surface area contributed by atoms with Crippen molar-refractivity contribution in [3.8, 4) is 16.9 Å². The number of aromatic nitrogens is 3. The van der Waals surface area contributed by atoms with E-state index in [1.807, 2.05) is 35.0 Å². The fraction of sp³-hybridized carbons (Fsp3) is 0.179. The first-order chi connectivity index (χ1) is 16.9. The van der Waals surface area contributed by atoms with Gasteiger partial charge in [0.05, 0.1) is 11.9 Å². The van der Waals surface area contributed by atoms with Crippen molar-refractivity contribution in [3.63, 3.8) is 0 Å². The van der Waals surface area contributed by atoms with E-state index in [0.717, 1.165) is 38.5 Å². The van der Waals surface area contributed by atoms with Crippen LogP contribution in [-0.4, -0.2) is 25.8 Å². The first kappa shape index (κ1) is 22.4. The summed E-state index contributed by atoms with van der Waals surface area (Å²) in [5.74, 6) is 0.161. The average molecular weight is 467 g/mol. The fourth-order valence-electron chi connectivity index (χ4n) is 4.45. The number of para-hydroxylation sites is 1. The van der Waals surface area contributed by atoms with Crippen LogP contribution in [0.1, 0.15) is 31.1 Å². The highest BCUT2D eigenvalue weighted by Gasteiger charge is 2.16. The number of rotatable bonds is 7. The van der Waals surface area contributed by atoms with Crippen molar-refractivity contribution in [2.45, 2.75) is 32.9 Å². The lowest BCUT2D eigenvalue weighted by Gasteiger charge is -2.10. The predicted octanol–water partition coefficient (Wildman–Crippen LogP) is 5.62. The Bertz CT molecular complexity index is 1560. The van der Waals surface area contributed by atoms with E-state index < -0.39 is 5.97 Å². The molecular formula is C28H26N4O3. The van der Waals surface area contributed by atoms with Gasteiger partial charge in [-0.05, 0) is 54.6 Å². The Morgan fingerprint density at radius 3 is 2.66 bits per heavy atom. The molecule has 0 saturated heterocycles. The zero-order valence-corrected chi connectivity index (χ0v) is 19.6. The molecule has 0 aliphatic carbocycles. The molecule has 0 aliphatic heterocycles. The first-order valence-corrected chi connectivity index (χ1v) is 11.5. The second kappa shape index (κ2) is 9.10. The van der Waals surface area contributed by atoms with Crippen LogP contribution in [0.15, 0.2) is 72.9 Å². The summed E-state index contributed by atoms with van der Waals surface area (Å²) in [7, 11) is 0. The number of hydrogen-bond acceptors (Lipinski definition) is 5. The lowest BCUT2D eigenvalue weighted by Crippen LogP contribution is -2.06. The van der Waals surface area contributed by atoms with Crippen LogP contribution in [0.3, 0.4) is 0 Å². The van der Waals surface area contributed by atoms with Crippen LogP contribution in [0.2, 0.25) is 0 Å². The summed E-state index contributed by atoms with van der Waals surface area (Å²) in [4.78, 5) is 15.5. The Hall–Kier alpha value is -4.39. The monoisotopic (exact) mass is 466 g/mol. The molecule has 2 heterocycles. The summed E-state index contributed by atoms with van der Waals surface area (Å²) in [6, 6.07) is 21.7. The second-order valence-electron chi connectivity index (χ2n) is 8.78. The molecule has 0 aliphatic rings. The van der Waals surface area contributed by atoms with E-state index in [9.17, 15) is 9.90 Å². The number of benzene rings is 3. The normalized spacial score (nSPS) is 11.4. The predicted molar refractivity (Wildman–Crippen MR) is 137 cm³/mol. The lowest BCUT2D eigenvalue weighted by molar-refractivity contribution is -0.136. The van der Waals surface area contributed by atoms with Gasteiger partial charge in [0.1, 0.15) is 23.9 Å². The van der Waals surface area contributed by atoms with Gasteiger partial charge < -0.3 is 15.6 Å². The van der Waals surface area contributed by atoms with Crippen LogP contribution >= 0.6 is 0 Å². The summed E-state index contributed by atoms with van der Waals surface area (Å²) in [6.07, 6.45) is 1.63. The Kier molecular flexibility index (Phi) is 5.82. The minimum atomic E-state index is -0.897. The number of carboxylic acid groups (broad SMARTS) is 1. The van der Waals surface area contributed by atoms with Crippen molar-refractivity contribution in [1.82, 2.24) is 14.8 Å². The van der Waals surface area contributed by atoms with Crippen LogP contribution in [0.5, 0.6) is 5.75 Å². The first-order valence-electron chi connectivity index (χ1n) is 11.5. The second-order valence-corrected chi connectivity index (χ2v) is 8.78. The quantitative estimate of drug-likeness (QED) is 0.323. The van der Waals surface area contributed by atoms with Gasteiger partial charge in [-0.3, -0.25) is 9.48 Å². The van der Waals surface area contributed by atoms with Gasteiger partial charge in [-0.1, -0.05) is 42.5 Å². The summed E-state index contributed by atoms with van der Waals surface area (Å²) in [5.41, 5.74) is 10.7. The largest absolute Gasteiger partial charge is 0.487 e. The number of carboxylic acids is 1. The average Bonchev–Trinajstić information content (AvgIpc) is 3.21. The van der Waals surface area contributed by atoms with E-state index in [0.29, 0.717) is 17.1 Å². The SMILES string of the molecule is CC(C)n1nc(COc2ccccc2CC(=O)O)c2cc(-c3cccc4c(N)nccc34)ccc21. The molecule has 0 amide bonds. The molecule has 176 valence electrons. The number of carbonyl (C=O) groups is 1. The van der Waals surface area contributed by atoms with Crippen LogP contribution < -0.4 is 10.5 Å². The Labute approximate surface area is 202 Å². The van der Waals surface area contributed by atoms with Crippen molar-refractivity contribution in [2.24, 2.45) is 0 Å². The zero-order valence-electron chi connectivity index (χ0n) is 19.6. The molecule has 5 aromatic rings. The Morgan fingerprint density at radius 1 is 1.03 bits per heavy atom. The molecule has 0 atom stereocenters. The number of fused-ring (bicyclic) bond motifs is 2. The van der Waals surface area contributed by atoms with E-state index in [-0.39, 0.29) is 19.1 Å². The third kappa shape index (κ3) is 4.28. The molecule has 3 aromatic carbocycles. The summed E-state index contributed by atoms with van der Waals surface area (Å²) in [6.45, 7) is 4.41. The minimum Gasteiger partial charge on any atom is -0.487 e. The fourth-order valence-corrected chi connectivity index (χ4v) is 4.45. The third-order valence-corrected chi connectivity index (χ3v) is 6.10. The Morgan fingerprint density at radius 2 is 1.86 bits per heavy atom. The van der Waals surface area contributed by atoms with Crippen molar-refractivity contribution >= 4 is 33.5 Å². The molecule has 0 bridgehead atoms. The molecule has 7 heteroatoms. The van der Waals surface area contributed by atoms with E-state index in [1.165, 1.54) is 0 Å². The Balaban J connectivity index is 1.58. The molecule has 3 N–H and O–H groups in total. The number of pyridine rings is 1. The molecule has 0 saturated carbocycles. The molecular weight excluding hydrogens is 440 g/mol. The number of aliphatic carboxylic acids is 1. The number of ether oxygens (including phenoxy) is 1. The standard InChI is InChI=1S/C28H26N4O3/c1-17(2)32-25-11-10-18(20-7-5-8-22-21(20)12-13-30-28(22)29)14-23(25)24(31-32)16-35-26-9-4-3-6-19(26)15-27(33)34/h3-14,17H,15-16H2,1-2H3,(H2,29,30)(H,33,34). The number of nitrogens with two attached hydrogens (primary N) is 1. The number of anilines is 1. The van der Waals surface area contributed by atoms with Gasteiger partial charge in [-0.25, -0.2) is 4.98 Å². The minimum absolute atomic E-state index is 0.0967. The molecule has 0 radical (unpaired) electrons. The third-order valence-electron chi connectivity index (χ3n) is 6.10. The van der Waals surface area contributed by atoms with Crippen LogP contribution in [-0.2, 0) is 17.8 Å². The van der Waals surface area contributed by atoms with Gasteiger partial charge in [0.25, 0.3) is 0 Å². The molecule has 35 heavy (non-hydrogen) atoms. The summed E-state index contributed by atoms with van der Waals surface area (Å²) >= 11 is 0. The van der Waals surface area contributed by atoms with E-state index in [2.05, 4.69) is 43.1 Å². The van der Waals surface area contributed by atoms with Crippen molar-refractivity contribution in [1.29, 1.82) is 0 Å². The maximum absolute atomic E-state index is 11.3. The highest BCUT2D eigenvalue weighted by Crippen LogP contribution is 2.34. The highest BCUT2D eigenvalue weighted by molar-refractivity contribution is 6.02. The number of nitrogen functional groups attached to an aromatic ring is 1. The molecule has 5 rings (SSSR count). The van der Waals surface area contributed by atoms with Crippen molar-refractivity contribution < 1.29 is 14.6 Å². The van der Waals surface area contributed by atoms with Crippen LogP contribution in [0.4, 0.5) is 5.82 Å². The molecule has 0 unspecified atom stereocenters. The number of nitrogens with zero attached hydrogens (tertiary/aromatic N) is 3. The van der Waals surface area contributed by atoms with Crippen molar-refractivity contribution in [2.75, 3.05) is 5.73 Å². The van der Waals surface area contributed by atoms with Crippen LogP contribution in [0.25, 0.3) is 32.8 Å². The maximum Gasteiger partial charge on any atom is 0.307 e. The van der Waals surface area contributed by atoms with E-state index in [1.54, 1.807) is 18.3 Å². The van der Waals surface area contributed by atoms with Gasteiger partial charge in [-0.15, -0.1) is 0 Å². The molecule has 0 fully saturated rings. The topological polar surface area (TPSA) is 103 Å². The van der Waals surface area contributed by atoms with Gasteiger partial charge in [0, 0.05) is 28.6 Å². The smallest absolute Gasteiger partial charge is 0.307 e. The molecule has 2 aromatic heterocycles. The van der Waals surface area contributed by atoms with E-state index in [4.69, 9.17) is 15.6 Å². The number of hydrogen-bond donors (Lipinski definition) is 2. The van der Waals surface area contributed by atoms with Gasteiger partial charge in [0.2, 0.25) is 0 Å². The van der Waals surface area contributed by atoms with Gasteiger partial charge >= 0.3 is 5.97 Å². The zero-order chi connectivity index (χ0) is 24.5.